The third-order valence-corrected chi connectivity index (χ3v) is 5.32. The zero-order valence-electron chi connectivity index (χ0n) is 13.7. The van der Waals surface area contributed by atoms with Crippen molar-refractivity contribution in [3.05, 3.63) is 18.0 Å². The second kappa shape index (κ2) is 6.71. The number of anilines is 1. The van der Waals surface area contributed by atoms with Crippen LogP contribution in [0.25, 0.3) is 0 Å². The van der Waals surface area contributed by atoms with Crippen LogP contribution in [0.5, 0.6) is 0 Å². The number of rotatable bonds is 3. The molecule has 3 saturated heterocycles. The highest BCUT2D eigenvalue weighted by Crippen LogP contribution is 2.37. The summed E-state index contributed by atoms with van der Waals surface area (Å²) >= 11 is 0. The molecule has 0 N–H and O–H groups in total. The Morgan fingerprint density at radius 1 is 1.00 bits per heavy atom. The van der Waals surface area contributed by atoms with Gasteiger partial charge >= 0.3 is 0 Å². The average Bonchev–Trinajstić information content (AvgIpc) is 3.04. The Hall–Kier alpha value is -1.24. The predicted molar refractivity (Wildman–Crippen MR) is 87.4 cm³/mol. The molecule has 1 atom stereocenters. The van der Waals surface area contributed by atoms with Gasteiger partial charge in [0.25, 0.3) is 0 Å². The molecule has 0 amide bonds. The normalized spacial score (nSPS) is 29.3. The smallest absolute Gasteiger partial charge is 0.225 e. The molecule has 1 aromatic rings. The number of morpholine rings is 1. The summed E-state index contributed by atoms with van der Waals surface area (Å²) in [6.07, 6.45) is 7.79. The lowest BCUT2D eigenvalue weighted by molar-refractivity contribution is 0.0644. The SMILES string of the molecule is c1nc(N2CCOCC2)ncc1CN1CCC[C@@]2(CCOC2)C1. The molecule has 6 heteroatoms. The fourth-order valence-corrected chi connectivity index (χ4v) is 4.03. The summed E-state index contributed by atoms with van der Waals surface area (Å²) in [5.41, 5.74) is 1.62. The number of piperidine rings is 1. The van der Waals surface area contributed by atoms with E-state index in [-0.39, 0.29) is 0 Å². The molecule has 6 nitrogen and oxygen atoms in total. The molecule has 3 aliphatic rings. The van der Waals surface area contributed by atoms with E-state index in [0.29, 0.717) is 5.41 Å². The molecule has 0 bridgehead atoms. The fourth-order valence-electron chi connectivity index (χ4n) is 4.03. The first-order valence-corrected chi connectivity index (χ1v) is 8.77. The minimum Gasteiger partial charge on any atom is -0.381 e. The van der Waals surface area contributed by atoms with Gasteiger partial charge in [0.1, 0.15) is 0 Å². The van der Waals surface area contributed by atoms with Crippen LogP contribution in [0, 0.1) is 5.41 Å². The van der Waals surface area contributed by atoms with Gasteiger partial charge in [0.15, 0.2) is 0 Å². The topological polar surface area (TPSA) is 50.7 Å². The van der Waals surface area contributed by atoms with Crippen LogP contribution in [0.3, 0.4) is 0 Å². The van der Waals surface area contributed by atoms with Crippen molar-refractivity contribution >= 4 is 5.95 Å². The van der Waals surface area contributed by atoms with Crippen LogP contribution in [0.1, 0.15) is 24.8 Å². The Morgan fingerprint density at radius 3 is 2.57 bits per heavy atom. The monoisotopic (exact) mass is 318 g/mol. The van der Waals surface area contributed by atoms with Crippen LogP contribution in [-0.2, 0) is 16.0 Å². The van der Waals surface area contributed by atoms with Crippen LogP contribution < -0.4 is 4.90 Å². The molecule has 3 fully saturated rings. The Kier molecular flexibility index (Phi) is 4.46. The number of hydrogen-bond acceptors (Lipinski definition) is 6. The Morgan fingerprint density at radius 2 is 1.83 bits per heavy atom. The van der Waals surface area contributed by atoms with Gasteiger partial charge in [-0.15, -0.1) is 0 Å². The lowest BCUT2D eigenvalue weighted by Gasteiger charge is -2.39. The van der Waals surface area contributed by atoms with E-state index in [1.807, 2.05) is 12.4 Å². The minimum atomic E-state index is 0.410. The lowest BCUT2D eigenvalue weighted by atomic mass is 9.79. The van der Waals surface area contributed by atoms with Crippen LogP contribution in [0.4, 0.5) is 5.95 Å². The van der Waals surface area contributed by atoms with Crippen molar-refractivity contribution in [1.82, 2.24) is 14.9 Å². The van der Waals surface area contributed by atoms with Crippen LogP contribution in [0.2, 0.25) is 0 Å². The molecular formula is C17H26N4O2. The van der Waals surface area contributed by atoms with Gasteiger partial charge in [-0.05, 0) is 25.8 Å². The molecule has 4 heterocycles. The second-order valence-electron chi connectivity index (χ2n) is 7.11. The lowest BCUT2D eigenvalue weighted by Crippen LogP contribution is -2.43. The van der Waals surface area contributed by atoms with E-state index in [4.69, 9.17) is 9.47 Å². The van der Waals surface area contributed by atoms with E-state index >= 15 is 0 Å². The standard InChI is InChI=1S/C17H26N4O2/c1-2-17(3-7-23-14-17)13-20(4-1)12-15-10-18-16(19-11-15)21-5-8-22-9-6-21/h10-11H,1-9,12-14H2/t17-/m1/s1. The predicted octanol–water partition coefficient (Wildman–Crippen LogP) is 1.32. The average molecular weight is 318 g/mol. The Labute approximate surface area is 137 Å². The first-order chi connectivity index (χ1) is 11.3. The largest absolute Gasteiger partial charge is 0.381 e. The van der Waals surface area contributed by atoms with E-state index in [2.05, 4.69) is 19.8 Å². The van der Waals surface area contributed by atoms with Crippen LogP contribution in [0.15, 0.2) is 12.4 Å². The van der Waals surface area contributed by atoms with Crippen molar-refractivity contribution in [2.75, 3.05) is 57.5 Å². The Bertz CT molecular complexity index is 510. The molecule has 0 saturated carbocycles. The van der Waals surface area contributed by atoms with Crippen LogP contribution in [-0.4, -0.2) is 67.5 Å². The number of nitrogens with zero attached hydrogens (tertiary/aromatic N) is 4. The highest BCUT2D eigenvalue weighted by molar-refractivity contribution is 5.30. The molecule has 0 aliphatic carbocycles. The summed E-state index contributed by atoms with van der Waals surface area (Å²) < 4.78 is 11.0. The molecule has 0 radical (unpaired) electrons. The number of ether oxygens (including phenoxy) is 2. The van der Waals surface area contributed by atoms with E-state index in [9.17, 15) is 0 Å². The van der Waals surface area contributed by atoms with E-state index in [0.717, 1.165) is 58.6 Å². The zero-order chi connectivity index (χ0) is 15.5. The molecule has 0 unspecified atom stereocenters. The first kappa shape index (κ1) is 15.3. The number of aromatic nitrogens is 2. The van der Waals surface area contributed by atoms with Crippen LogP contribution >= 0.6 is 0 Å². The van der Waals surface area contributed by atoms with Gasteiger partial charge in [-0.3, -0.25) is 4.90 Å². The van der Waals surface area contributed by atoms with Crippen molar-refractivity contribution in [2.45, 2.75) is 25.8 Å². The van der Waals surface area contributed by atoms with Crippen molar-refractivity contribution in [3.63, 3.8) is 0 Å². The molecular weight excluding hydrogens is 292 g/mol. The maximum atomic E-state index is 5.65. The molecule has 1 spiro atoms. The fraction of sp³-hybridized carbons (Fsp3) is 0.765. The summed E-state index contributed by atoms with van der Waals surface area (Å²) in [5.74, 6) is 0.830. The van der Waals surface area contributed by atoms with Gasteiger partial charge in [0.05, 0.1) is 19.8 Å². The summed E-state index contributed by atoms with van der Waals surface area (Å²) in [6, 6.07) is 0. The quantitative estimate of drug-likeness (QED) is 0.838. The Balaban J connectivity index is 1.36. The summed E-state index contributed by atoms with van der Waals surface area (Å²) in [5, 5.41) is 0. The van der Waals surface area contributed by atoms with Crippen molar-refractivity contribution in [3.8, 4) is 0 Å². The molecule has 126 valence electrons. The van der Waals surface area contributed by atoms with Crippen molar-refractivity contribution < 1.29 is 9.47 Å². The van der Waals surface area contributed by atoms with E-state index in [1.54, 1.807) is 0 Å². The summed E-state index contributed by atoms with van der Waals surface area (Å²) in [7, 11) is 0. The van der Waals surface area contributed by atoms with Gasteiger partial charge in [0, 0.05) is 56.2 Å². The van der Waals surface area contributed by atoms with E-state index < -0.39 is 0 Å². The molecule has 4 rings (SSSR count). The maximum Gasteiger partial charge on any atom is 0.225 e. The third kappa shape index (κ3) is 3.49. The van der Waals surface area contributed by atoms with E-state index in [1.165, 1.54) is 31.4 Å². The summed E-state index contributed by atoms with van der Waals surface area (Å²) in [4.78, 5) is 13.9. The molecule has 23 heavy (non-hydrogen) atoms. The second-order valence-corrected chi connectivity index (χ2v) is 7.11. The maximum absolute atomic E-state index is 5.65. The minimum absolute atomic E-state index is 0.410. The molecule has 3 aliphatic heterocycles. The molecule has 0 aromatic carbocycles. The third-order valence-electron chi connectivity index (χ3n) is 5.32. The summed E-state index contributed by atoms with van der Waals surface area (Å²) in [6.45, 7) is 8.45. The van der Waals surface area contributed by atoms with Gasteiger partial charge in [-0.25, -0.2) is 9.97 Å². The van der Waals surface area contributed by atoms with Gasteiger partial charge < -0.3 is 14.4 Å². The van der Waals surface area contributed by atoms with Crippen molar-refractivity contribution in [2.24, 2.45) is 5.41 Å². The number of likely N-dealkylation sites (tertiary alicyclic amines) is 1. The first-order valence-electron chi connectivity index (χ1n) is 8.77. The number of hydrogen-bond donors (Lipinski definition) is 0. The van der Waals surface area contributed by atoms with Crippen molar-refractivity contribution in [1.29, 1.82) is 0 Å². The highest BCUT2D eigenvalue weighted by atomic mass is 16.5. The van der Waals surface area contributed by atoms with Gasteiger partial charge in [0.2, 0.25) is 5.95 Å². The highest BCUT2D eigenvalue weighted by Gasteiger charge is 2.38. The molecule has 1 aromatic heterocycles. The van der Waals surface area contributed by atoms with Gasteiger partial charge in [-0.1, -0.05) is 0 Å². The zero-order valence-corrected chi connectivity index (χ0v) is 13.7. The van der Waals surface area contributed by atoms with Gasteiger partial charge in [-0.2, -0.15) is 0 Å².